The van der Waals surface area contributed by atoms with Crippen molar-refractivity contribution in [3.05, 3.63) is 86.0 Å². The van der Waals surface area contributed by atoms with Crippen LogP contribution in [0.1, 0.15) is 126 Å². The van der Waals surface area contributed by atoms with Gasteiger partial charge >= 0.3 is 0 Å². The number of carbonyl (C=O) groups excluding carboxylic acids is 2. The fourth-order valence-corrected chi connectivity index (χ4v) is 10.0. The lowest BCUT2D eigenvalue weighted by Gasteiger charge is -2.37. The van der Waals surface area contributed by atoms with Gasteiger partial charge in [-0.15, -0.1) is 0 Å². The van der Waals surface area contributed by atoms with Gasteiger partial charge in [0.1, 0.15) is 17.5 Å². The molecular formula is C42H46Br2ClFN6O4. The van der Waals surface area contributed by atoms with Gasteiger partial charge in [0.25, 0.3) is 0 Å². The van der Waals surface area contributed by atoms with Crippen LogP contribution in [-0.4, -0.2) is 53.3 Å². The first-order valence-electron chi connectivity index (χ1n) is 19.8. The number of imidazole rings is 2. The lowest BCUT2D eigenvalue weighted by molar-refractivity contribution is -0.123. The van der Waals surface area contributed by atoms with Crippen molar-refractivity contribution in [1.29, 1.82) is 0 Å². The molecule has 2 amide bonds. The van der Waals surface area contributed by atoms with Gasteiger partial charge in [0, 0.05) is 39.6 Å². The highest BCUT2D eigenvalue weighted by atomic mass is 79.9. The number of hydrogen-bond acceptors (Lipinski definition) is 6. The molecule has 10 nitrogen and oxygen atoms in total. The maximum Gasteiger partial charge on any atom is 0.227 e. The fourth-order valence-electron chi connectivity index (χ4n) is 9.13. The van der Waals surface area contributed by atoms with Crippen molar-refractivity contribution in [2.24, 2.45) is 0 Å². The van der Waals surface area contributed by atoms with E-state index >= 15 is 0 Å². The van der Waals surface area contributed by atoms with Gasteiger partial charge in [-0.2, -0.15) is 0 Å². The van der Waals surface area contributed by atoms with Crippen molar-refractivity contribution >= 4 is 83.0 Å². The smallest absolute Gasteiger partial charge is 0.227 e. The number of benzene rings is 3. The minimum Gasteiger partial charge on any atom is -0.393 e. The monoisotopic (exact) mass is 910 g/mol. The molecule has 2 aliphatic heterocycles. The van der Waals surface area contributed by atoms with E-state index in [4.69, 9.17) is 21.6 Å². The Morgan fingerprint density at radius 1 is 0.696 bits per heavy atom. The summed E-state index contributed by atoms with van der Waals surface area (Å²) in [6.45, 7) is 0. The molecule has 4 heterocycles. The molecule has 14 heteroatoms. The molecule has 2 aliphatic carbocycles. The van der Waals surface area contributed by atoms with Crippen LogP contribution in [0.5, 0.6) is 0 Å². The van der Waals surface area contributed by atoms with Crippen LogP contribution in [-0.2, 0) is 9.59 Å². The van der Waals surface area contributed by atoms with E-state index in [0.29, 0.717) is 24.6 Å². The van der Waals surface area contributed by atoms with Gasteiger partial charge in [0.2, 0.25) is 11.8 Å². The summed E-state index contributed by atoms with van der Waals surface area (Å²) >= 11 is 13.1. The van der Waals surface area contributed by atoms with Gasteiger partial charge in [-0.25, -0.2) is 14.4 Å². The van der Waals surface area contributed by atoms with Crippen LogP contribution in [0.15, 0.2) is 63.5 Å². The average Bonchev–Trinajstić information content (AvgIpc) is 3.75. The molecule has 0 spiro atoms. The molecule has 3 N–H and O–H groups in total. The van der Waals surface area contributed by atoms with Crippen LogP contribution in [0.3, 0.4) is 0 Å². The van der Waals surface area contributed by atoms with Crippen molar-refractivity contribution in [2.75, 3.05) is 4.90 Å². The summed E-state index contributed by atoms with van der Waals surface area (Å²) in [6, 6.07) is 17.0. The summed E-state index contributed by atoms with van der Waals surface area (Å²) in [5, 5.41) is 23.0. The Kier molecular flexibility index (Phi) is 11.9. The molecule has 4 fully saturated rings. The van der Waals surface area contributed by atoms with E-state index in [1.54, 1.807) is 11.0 Å². The summed E-state index contributed by atoms with van der Waals surface area (Å²) in [5.74, 6) is 1.41. The first-order valence-corrected chi connectivity index (χ1v) is 21.8. The van der Waals surface area contributed by atoms with Gasteiger partial charge in [-0.1, -0.05) is 43.5 Å². The molecule has 2 unspecified atom stereocenters. The molecule has 0 radical (unpaired) electrons. The topological polar surface area (TPSA) is 126 Å². The number of hydrogen-bond donors (Lipinski definition) is 3. The molecular weight excluding hydrogens is 867 g/mol. The Bertz CT molecular complexity index is 2250. The molecule has 9 rings (SSSR count). The van der Waals surface area contributed by atoms with Crippen molar-refractivity contribution in [3.8, 4) is 0 Å². The van der Waals surface area contributed by atoms with Crippen LogP contribution in [0.2, 0.25) is 5.02 Å². The van der Waals surface area contributed by atoms with Crippen molar-refractivity contribution in [2.45, 2.75) is 126 Å². The van der Waals surface area contributed by atoms with E-state index < -0.39 is 5.82 Å². The number of nitrogens with one attached hydrogen (secondary N) is 1. The fraction of sp³-hybridized carbons (Fsp3) is 0.476. The lowest BCUT2D eigenvalue weighted by atomic mass is 9.92. The zero-order chi connectivity index (χ0) is 39.1. The number of halogens is 4. The zero-order valence-corrected chi connectivity index (χ0v) is 34.9. The molecule has 2 atom stereocenters. The minimum absolute atomic E-state index is 0.00155. The molecule has 2 saturated heterocycles. The van der Waals surface area contributed by atoms with Gasteiger partial charge in [-0.05, 0) is 132 Å². The van der Waals surface area contributed by atoms with Gasteiger partial charge in [0.05, 0.1) is 51.4 Å². The number of carbonyl (C=O) groups is 2. The molecule has 3 aromatic carbocycles. The second kappa shape index (κ2) is 16.9. The van der Waals surface area contributed by atoms with Crippen LogP contribution in [0, 0.1) is 5.82 Å². The third-order valence-corrected chi connectivity index (χ3v) is 13.2. The predicted molar refractivity (Wildman–Crippen MR) is 222 cm³/mol. The number of anilines is 1. The minimum atomic E-state index is -0.505. The average molecular weight is 913 g/mol. The highest BCUT2D eigenvalue weighted by molar-refractivity contribution is 9.10. The molecule has 2 aromatic heterocycles. The number of nitrogens with zero attached hydrogens (tertiary/aromatic N) is 5. The Morgan fingerprint density at radius 2 is 1.25 bits per heavy atom. The SMILES string of the molecule is O=C1CCCC(c2nc3cc(Br)ccc3n2C2CCC(O)CC2)N1.O=C1CCCC(c2nc3cc(Br)ccc3n2C2CCC(O)CC2)N1c1ccc(F)c(Cl)c1. The predicted octanol–water partition coefficient (Wildman–Crippen LogP) is 9.94. The molecule has 2 saturated carbocycles. The van der Waals surface area contributed by atoms with E-state index in [0.717, 1.165) is 120 Å². The third kappa shape index (κ3) is 8.16. The molecule has 5 aromatic rings. The summed E-state index contributed by atoms with van der Waals surface area (Å²) < 4.78 is 20.4. The second-order valence-electron chi connectivity index (χ2n) is 15.7. The molecule has 296 valence electrons. The third-order valence-electron chi connectivity index (χ3n) is 11.9. The second-order valence-corrected chi connectivity index (χ2v) is 17.9. The summed E-state index contributed by atoms with van der Waals surface area (Å²) in [4.78, 5) is 36.6. The highest BCUT2D eigenvalue weighted by Gasteiger charge is 2.37. The first kappa shape index (κ1) is 39.5. The Hall–Kier alpha value is -3.36. The lowest BCUT2D eigenvalue weighted by Crippen LogP contribution is -2.40. The van der Waals surface area contributed by atoms with E-state index in [9.17, 15) is 24.2 Å². The quantitative estimate of drug-likeness (QED) is 0.161. The number of aliphatic hydroxyl groups excluding tert-OH is 2. The van der Waals surface area contributed by atoms with Crippen molar-refractivity contribution in [1.82, 2.24) is 24.4 Å². The number of amides is 2. The summed E-state index contributed by atoms with van der Waals surface area (Å²) in [6.07, 6.45) is 10.8. The van der Waals surface area contributed by atoms with Crippen LogP contribution < -0.4 is 10.2 Å². The number of aliphatic hydroxyl groups is 2. The molecule has 56 heavy (non-hydrogen) atoms. The standard InChI is InChI=1S/C24H24BrClFN3O2.C18H22BrN3O2/c25-14-4-11-21-20(12-14)28-24(30(21)15-5-8-17(31)9-6-15)22-2-1-3-23(32)29(22)16-7-10-19(27)18(26)13-16;19-11-4-9-16-15(10-11)21-18(14-2-1-3-17(24)20-14)22(16)12-5-7-13(23)8-6-12/h4,7,10-13,15,17,22,31H,1-3,5-6,8-9H2;4,9-10,12-14,23H,1-3,5-8H2,(H,20,24). The van der Waals surface area contributed by atoms with E-state index in [2.05, 4.69) is 58.4 Å². The summed E-state index contributed by atoms with van der Waals surface area (Å²) in [7, 11) is 0. The Morgan fingerprint density at radius 3 is 1.82 bits per heavy atom. The number of fused-ring (bicyclic) bond motifs is 2. The van der Waals surface area contributed by atoms with E-state index in [1.807, 2.05) is 24.3 Å². The highest BCUT2D eigenvalue weighted by Crippen LogP contribution is 2.42. The molecule has 0 bridgehead atoms. The Labute approximate surface area is 347 Å². The maximum atomic E-state index is 13.8. The largest absolute Gasteiger partial charge is 0.393 e. The Balaban J connectivity index is 0.000000164. The van der Waals surface area contributed by atoms with Gasteiger partial charge in [-0.3, -0.25) is 9.59 Å². The number of rotatable bonds is 5. The maximum absolute atomic E-state index is 13.8. The van der Waals surface area contributed by atoms with Crippen molar-refractivity contribution < 1.29 is 24.2 Å². The summed E-state index contributed by atoms with van der Waals surface area (Å²) in [5.41, 5.74) is 4.57. The van der Waals surface area contributed by atoms with Gasteiger partial charge < -0.3 is 29.6 Å². The first-order chi connectivity index (χ1) is 27.0. The number of piperidine rings is 2. The normalized spacial score (nSPS) is 25.9. The van der Waals surface area contributed by atoms with Crippen LogP contribution in [0.4, 0.5) is 10.1 Å². The van der Waals surface area contributed by atoms with Gasteiger partial charge in [0.15, 0.2) is 0 Å². The zero-order valence-electron chi connectivity index (χ0n) is 31.0. The van der Waals surface area contributed by atoms with Crippen LogP contribution >= 0.6 is 43.5 Å². The number of aromatic nitrogens is 4. The van der Waals surface area contributed by atoms with Crippen LogP contribution in [0.25, 0.3) is 22.1 Å². The van der Waals surface area contributed by atoms with E-state index in [1.165, 1.54) is 12.1 Å². The van der Waals surface area contributed by atoms with Crippen molar-refractivity contribution in [3.63, 3.8) is 0 Å². The molecule has 4 aliphatic rings. The van der Waals surface area contributed by atoms with E-state index in [-0.39, 0.29) is 47.2 Å².